The van der Waals surface area contributed by atoms with Crippen molar-refractivity contribution in [1.82, 2.24) is 5.32 Å². The highest BCUT2D eigenvalue weighted by molar-refractivity contribution is 5.73. The van der Waals surface area contributed by atoms with Gasteiger partial charge in [-0.2, -0.15) is 0 Å². The number of unbranched alkanes of at least 4 members (excludes halogenated alkanes) is 5. The van der Waals surface area contributed by atoms with Crippen LogP contribution in [0.25, 0.3) is 0 Å². The number of rotatable bonds is 16. The molecule has 4 unspecified atom stereocenters. The van der Waals surface area contributed by atoms with Crippen LogP contribution in [0, 0.1) is 0 Å². The molecule has 6 nitrogen and oxygen atoms in total. The molecular weight excluding hydrogens is 334 g/mol. The highest BCUT2D eigenvalue weighted by Crippen LogP contribution is 2.16. The Kier molecular flexibility index (Phi) is 14.0. The minimum Gasteiger partial charge on any atom is -0.393 e. The Morgan fingerprint density at radius 1 is 0.846 bits per heavy atom. The number of carbonyl (C=O) groups excluding carboxylic acids is 1. The third kappa shape index (κ3) is 16.8. The summed E-state index contributed by atoms with van der Waals surface area (Å²) in [6, 6.07) is 0. The molecule has 4 atom stereocenters. The molecule has 0 saturated heterocycles. The Bertz CT molecular complexity index is 360. The van der Waals surface area contributed by atoms with Crippen molar-refractivity contribution in [2.75, 3.05) is 0 Å². The molecule has 0 aromatic heterocycles. The summed E-state index contributed by atoms with van der Waals surface area (Å²) >= 11 is 0. The number of nitrogens with one attached hydrogen (secondary N) is 1. The Morgan fingerprint density at radius 2 is 1.27 bits per heavy atom. The smallest absolute Gasteiger partial charge is 0.219 e. The average molecular weight is 376 g/mol. The molecule has 0 aliphatic heterocycles. The van der Waals surface area contributed by atoms with Crippen LogP contribution < -0.4 is 5.32 Å². The van der Waals surface area contributed by atoms with E-state index in [-0.39, 0.29) is 24.5 Å². The molecule has 0 rings (SSSR count). The molecule has 0 radical (unpaired) electrons. The summed E-state index contributed by atoms with van der Waals surface area (Å²) in [6.45, 7) is 4.63. The molecule has 0 bridgehead atoms. The summed E-state index contributed by atoms with van der Waals surface area (Å²) in [5, 5.41) is 41.5. The summed E-state index contributed by atoms with van der Waals surface area (Å²) < 4.78 is 0. The summed E-state index contributed by atoms with van der Waals surface area (Å²) in [5.74, 6) is -0.320. The zero-order valence-corrected chi connectivity index (χ0v) is 16.9. The first-order chi connectivity index (χ1) is 12.1. The Labute approximate surface area is 159 Å². The van der Waals surface area contributed by atoms with Gasteiger partial charge in [-0.15, -0.1) is 0 Å². The van der Waals surface area contributed by atoms with Crippen LogP contribution in [0.4, 0.5) is 0 Å². The lowest BCUT2D eigenvalue weighted by atomic mass is 9.99. The maximum atomic E-state index is 11.0. The van der Waals surface area contributed by atoms with Crippen LogP contribution >= 0.6 is 0 Å². The van der Waals surface area contributed by atoms with E-state index < -0.39 is 11.8 Å². The van der Waals surface area contributed by atoms with E-state index in [0.29, 0.717) is 6.42 Å². The lowest BCUT2D eigenvalue weighted by molar-refractivity contribution is -0.127. The van der Waals surface area contributed by atoms with E-state index in [1.165, 1.54) is 13.8 Å². The van der Waals surface area contributed by atoms with Gasteiger partial charge < -0.3 is 25.7 Å². The second kappa shape index (κ2) is 14.4. The van der Waals surface area contributed by atoms with Crippen molar-refractivity contribution in [3.63, 3.8) is 0 Å². The maximum Gasteiger partial charge on any atom is 0.219 e. The third-order valence-corrected chi connectivity index (χ3v) is 4.56. The quantitative estimate of drug-likeness (QED) is 0.210. The van der Waals surface area contributed by atoms with Crippen molar-refractivity contribution in [3.05, 3.63) is 0 Å². The normalized spacial score (nSPS) is 17.3. The molecule has 0 saturated carbocycles. The molecular formula is C20H41NO5. The molecule has 0 fully saturated rings. The lowest BCUT2D eigenvalue weighted by Gasteiger charge is -2.26. The lowest BCUT2D eigenvalue weighted by Crippen LogP contribution is -2.47. The number of amides is 1. The van der Waals surface area contributed by atoms with Crippen LogP contribution in [0.5, 0.6) is 0 Å². The number of aliphatic hydroxyl groups excluding tert-OH is 3. The van der Waals surface area contributed by atoms with Gasteiger partial charge in [-0.05, 0) is 39.5 Å². The van der Waals surface area contributed by atoms with E-state index in [2.05, 4.69) is 5.32 Å². The van der Waals surface area contributed by atoms with E-state index in [1.807, 2.05) is 6.92 Å². The monoisotopic (exact) mass is 375 g/mol. The summed E-state index contributed by atoms with van der Waals surface area (Å²) in [7, 11) is 0. The highest BCUT2D eigenvalue weighted by Gasteiger charge is 2.24. The van der Waals surface area contributed by atoms with Gasteiger partial charge in [0.25, 0.3) is 0 Å². The summed E-state index contributed by atoms with van der Waals surface area (Å²) in [4.78, 5) is 11.0. The predicted molar refractivity (Wildman–Crippen MR) is 104 cm³/mol. The van der Waals surface area contributed by atoms with Crippen LogP contribution in [0.1, 0.15) is 97.8 Å². The second-order valence-corrected chi connectivity index (χ2v) is 7.95. The van der Waals surface area contributed by atoms with Crippen molar-refractivity contribution < 1.29 is 25.2 Å². The maximum absolute atomic E-state index is 11.0. The molecule has 156 valence electrons. The first-order valence-corrected chi connectivity index (χ1v) is 10.2. The minimum atomic E-state index is -1.38. The Morgan fingerprint density at radius 3 is 1.73 bits per heavy atom. The fourth-order valence-corrected chi connectivity index (χ4v) is 3.25. The summed E-state index contributed by atoms with van der Waals surface area (Å²) in [6.07, 6.45) is 9.03. The highest BCUT2D eigenvalue weighted by atomic mass is 16.3. The number of carbonyl (C=O) groups is 1. The third-order valence-electron chi connectivity index (χ3n) is 4.56. The Hall–Kier alpha value is -0.690. The molecule has 5 N–H and O–H groups in total. The van der Waals surface area contributed by atoms with Crippen LogP contribution in [0.15, 0.2) is 0 Å². The predicted octanol–water partition coefficient (Wildman–Crippen LogP) is 2.61. The number of hydrogen-bond acceptors (Lipinski definition) is 5. The van der Waals surface area contributed by atoms with Gasteiger partial charge in [-0.3, -0.25) is 4.79 Å². The number of hydrogen-bond donors (Lipinski definition) is 5. The second-order valence-electron chi connectivity index (χ2n) is 7.95. The molecule has 6 heteroatoms. The fourth-order valence-electron chi connectivity index (χ4n) is 3.25. The topological polar surface area (TPSA) is 110 Å². The molecule has 0 aromatic rings. The van der Waals surface area contributed by atoms with E-state index >= 15 is 0 Å². The molecule has 0 heterocycles. The van der Waals surface area contributed by atoms with Crippen molar-refractivity contribution in [2.24, 2.45) is 0 Å². The molecule has 0 spiro atoms. The van der Waals surface area contributed by atoms with Gasteiger partial charge >= 0.3 is 0 Å². The van der Waals surface area contributed by atoms with Gasteiger partial charge in [0.2, 0.25) is 5.91 Å². The average Bonchev–Trinajstić information content (AvgIpc) is 2.48. The number of aliphatic hydroxyl groups is 4. The van der Waals surface area contributed by atoms with Crippen molar-refractivity contribution in [1.29, 1.82) is 0 Å². The first kappa shape index (κ1) is 25.3. The van der Waals surface area contributed by atoms with E-state index in [9.17, 15) is 25.2 Å². The van der Waals surface area contributed by atoms with E-state index in [0.717, 1.165) is 64.2 Å². The molecule has 26 heavy (non-hydrogen) atoms. The fraction of sp³-hybridized carbons (Fsp3) is 0.950. The summed E-state index contributed by atoms with van der Waals surface area (Å²) in [5.41, 5.74) is -1.38. The van der Waals surface area contributed by atoms with Gasteiger partial charge in [-0.25, -0.2) is 0 Å². The van der Waals surface area contributed by atoms with Crippen LogP contribution in [0.2, 0.25) is 0 Å². The van der Waals surface area contributed by atoms with Crippen molar-refractivity contribution in [2.45, 2.75) is 122 Å². The molecule has 1 amide bonds. The van der Waals surface area contributed by atoms with Crippen LogP contribution in [-0.2, 0) is 4.79 Å². The largest absolute Gasteiger partial charge is 0.393 e. The van der Waals surface area contributed by atoms with Gasteiger partial charge in [-0.1, -0.05) is 44.9 Å². The standard InChI is InChI=1S/C20H41NO5/c1-16(22)11-7-4-5-8-12-18(24)13-9-6-10-14-19(25)15-20(3,26)21-17(2)23/h16,18-19,22,24-26H,4-15H2,1-3H3,(H,21,23). The van der Waals surface area contributed by atoms with E-state index in [4.69, 9.17) is 0 Å². The zero-order valence-electron chi connectivity index (χ0n) is 16.9. The zero-order chi connectivity index (χ0) is 20.0. The van der Waals surface area contributed by atoms with E-state index in [1.54, 1.807) is 0 Å². The first-order valence-electron chi connectivity index (χ1n) is 10.2. The molecule has 0 aromatic carbocycles. The SMILES string of the molecule is CC(=O)NC(C)(O)CC(O)CCCCCC(O)CCCCCCC(C)O. The Balaban J connectivity index is 3.57. The minimum absolute atomic E-state index is 0.115. The van der Waals surface area contributed by atoms with Gasteiger partial charge in [0.05, 0.1) is 18.3 Å². The van der Waals surface area contributed by atoms with Crippen molar-refractivity contribution >= 4 is 5.91 Å². The van der Waals surface area contributed by atoms with Gasteiger partial charge in [0.1, 0.15) is 5.72 Å². The van der Waals surface area contributed by atoms with Crippen molar-refractivity contribution in [3.8, 4) is 0 Å². The van der Waals surface area contributed by atoms with Gasteiger partial charge in [0, 0.05) is 13.3 Å². The molecule has 0 aliphatic carbocycles. The van der Waals surface area contributed by atoms with Gasteiger partial charge in [0.15, 0.2) is 0 Å². The molecule has 0 aliphatic rings. The van der Waals surface area contributed by atoms with Crippen LogP contribution in [-0.4, -0.2) is 50.4 Å². The van der Waals surface area contributed by atoms with Crippen LogP contribution in [0.3, 0.4) is 0 Å².